The Morgan fingerprint density at radius 1 is 1.40 bits per heavy atom. The van der Waals surface area contributed by atoms with Gasteiger partial charge in [-0.2, -0.15) is 0 Å². The van der Waals surface area contributed by atoms with Crippen LogP contribution in [0.1, 0.15) is 12.8 Å². The molecule has 2 heterocycles. The van der Waals surface area contributed by atoms with E-state index in [1.165, 1.54) is 5.57 Å². The van der Waals surface area contributed by atoms with Crippen LogP contribution in [0.2, 0.25) is 0 Å². The molecule has 0 saturated heterocycles. The van der Waals surface area contributed by atoms with Crippen molar-refractivity contribution in [3.63, 3.8) is 0 Å². The minimum Gasteiger partial charge on any atom is -0.291 e. The molecule has 0 aromatic rings. The Kier molecular flexibility index (Phi) is 1.31. The van der Waals surface area contributed by atoms with Gasteiger partial charge in [-0.25, -0.2) is 0 Å². The van der Waals surface area contributed by atoms with E-state index in [0.717, 1.165) is 25.1 Å². The van der Waals surface area contributed by atoms with Crippen LogP contribution in [0, 0.1) is 0 Å². The summed E-state index contributed by atoms with van der Waals surface area (Å²) in [4.78, 5) is 4.15. The molecule has 2 rings (SSSR count). The van der Waals surface area contributed by atoms with Gasteiger partial charge in [-0.1, -0.05) is 6.08 Å². The maximum atomic E-state index is 4.20. The molecule has 2 nitrogen and oxygen atoms in total. The molecule has 10 heavy (non-hydrogen) atoms. The van der Waals surface area contributed by atoms with Crippen molar-refractivity contribution >= 4 is 6.21 Å². The summed E-state index contributed by atoms with van der Waals surface area (Å²) in [5.41, 5.74) is 2.53. The molecule has 0 fully saturated rings. The van der Waals surface area contributed by atoms with Gasteiger partial charge in [-0.05, 0) is 18.4 Å². The Bertz CT molecular complexity index is 223. The summed E-state index contributed by atoms with van der Waals surface area (Å²) in [6, 6.07) is 0. The number of aliphatic imine (C=N–C) groups is 1. The summed E-state index contributed by atoms with van der Waals surface area (Å²) in [7, 11) is 0. The molecule has 0 aromatic carbocycles. The minimum atomic E-state index is 0.947. The molecular weight excluding hydrogens is 124 g/mol. The molecule has 0 saturated carbocycles. The number of hydrogen-bond donors (Lipinski definition) is 0. The molecule has 2 heteroatoms. The van der Waals surface area contributed by atoms with Crippen LogP contribution < -0.4 is 5.32 Å². The van der Waals surface area contributed by atoms with Crippen LogP contribution >= 0.6 is 0 Å². The van der Waals surface area contributed by atoms with Crippen LogP contribution in [0.25, 0.3) is 0 Å². The van der Waals surface area contributed by atoms with Crippen molar-refractivity contribution in [1.82, 2.24) is 5.32 Å². The molecule has 0 atom stereocenters. The highest BCUT2D eigenvalue weighted by Gasteiger charge is 2.10. The van der Waals surface area contributed by atoms with E-state index in [1.54, 1.807) is 0 Å². The van der Waals surface area contributed by atoms with E-state index in [0.29, 0.717) is 0 Å². The van der Waals surface area contributed by atoms with E-state index in [4.69, 9.17) is 0 Å². The first-order valence-corrected chi connectivity index (χ1v) is 3.54. The van der Waals surface area contributed by atoms with Crippen LogP contribution in [-0.4, -0.2) is 12.8 Å². The highest BCUT2D eigenvalue weighted by molar-refractivity contribution is 5.80. The number of hydrogen-bond acceptors (Lipinski definition) is 1. The predicted molar refractivity (Wildman–Crippen MR) is 40.9 cm³/mol. The molecular formula is C8H9N2. The standard InChI is InChI=1S/C8H9N2/c1-2-7-3-5-9-6-8(7)10-4-1/h1,4,6H,2-3,5H2. The van der Waals surface area contributed by atoms with Crippen molar-refractivity contribution in [2.75, 3.05) is 6.54 Å². The second-order valence-corrected chi connectivity index (χ2v) is 2.49. The molecule has 0 N–H and O–H groups in total. The van der Waals surface area contributed by atoms with Crippen LogP contribution in [0.5, 0.6) is 0 Å². The van der Waals surface area contributed by atoms with E-state index < -0.39 is 0 Å². The van der Waals surface area contributed by atoms with Crippen molar-refractivity contribution in [2.45, 2.75) is 12.8 Å². The molecule has 0 unspecified atom stereocenters. The SMILES string of the molecule is C1=C[N]C2=C(C1)CCN=C2. The summed E-state index contributed by atoms with van der Waals surface area (Å²) in [5.74, 6) is 0. The fourth-order valence-corrected chi connectivity index (χ4v) is 1.23. The first kappa shape index (κ1) is 5.71. The summed E-state index contributed by atoms with van der Waals surface area (Å²) in [6.07, 6.45) is 8.00. The van der Waals surface area contributed by atoms with Gasteiger partial charge in [0.25, 0.3) is 0 Å². The summed E-state index contributed by atoms with van der Waals surface area (Å²) >= 11 is 0. The second-order valence-electron chi connectivity index (χ2n) is 2.49. The maximum Gasteiger partial charge on any atom is 0.0803 e. The third-order valence-electron chi connectivity index (χ3n) is 1.80. The summed E-state index contributed by atoms with van der Waals surface area (Å²) < 4.78 is 0. The Morgan fingerprint density at radius 3 is 3.30 bits per heavy atom. The van der Waals surface area contributed by atoms with E-state index in [-0.39, 0.29) is 0 Å². The lowest BCUT2D eigenvalue weighted by molar-refractivity contribution is 0.846. The Morgan fingerprint density at radius 2 is 2.40 bits per heavy atom. The van der Waals surface area contributed by atoms with E-state index in [2.05, 4.69) is 16.4 Å². The summed E-state index contributed by atoms with van der Waals surface area (Å²) in [6.45, 7) is 0.947. The zero-order valence-electron chi connectivity index (χ0n) is 5.75. The lowest BCUT2D eigenvalue weighted by Gasteiger charge is -2.15. The first-order valence-electron chi connectivity index (χ1n) is 3.54. The molecule has 0 spiro atoms. The Balaban J connectivity index is 2.25. The van der Waals surface area contributed by atoms with E-state index in [1.807, 2.05) is 12.4 Å². The van der Waals surface area contributed by atoms with Gasteiger partial charge >= 0.3 is 0 Å². The van der Waals surface area contributed by atoms with Crippen molar-refractivity contribution in [1.29, 1.82) is 0 Å². The zero-order valence-corrected chi connectivity index (χ0v) is 5.75. The monoisotopic (exact) mass is 133 g/mol. The van der Waals surface area contributed by atoms with E-state index >= 15 is 0 Å². The van der Waals surface area contributed by atoms with Crippen LogP contribution in [0.3, 0.4) is 0 Å². The van der Waals surface area contributed by atoms with Crippen molar-refractivity contribution < 1.29 is 0 Å². The number of rotatable bonds is 0. The van der Waals surface area contributed by atoms with Gasteiger partial charge in [0, 0.05) is 19.0 Å². The van der Waals surface area contributed by atoms with Crippen LogP contribution in [-0.2, 0) is 0 Å². The smallest absolute Gasteiger partial charge is 0.0803 e. The molecule has 0 aromatic heterocycles. The number of allylic oxidation sites excluding steroid dienone is 2. The van der Waals surface area contributed by atoms with Gasteiger partial charge in [-0.3, -0.25) is 10.3 Å². The maximum absolute atomic E-state index is 4.20. The van der Waals surface area contributed by atoms with Crippen molar-refractivity contribution in [2.24, 2.45) is 4.99 Å². The van der Waals surface area contributed by atoms with Gasteiger partial charge in [0.05, 0.1) is 5.70 Å². The number of nitrogens with zero attached hydrogens (tertiary/aromatic N) is 2. The van der Waals surface area contributed by atoms with E-state index in [9.17, 15) is 0 Å². The highest BCUT2D eigenvalue weighted by atomic mass is 14.9. The molecule has 1 radical (unpaired) electrons. The third kappa shape index (κ3) is 0.856. The highest BCUT2D eigenvalue weighted by Crippen LogP contribution is 2.18. The average Bonchev–Trinajstić information content (AvgIpc) is 2.05. The average molecular weight is 133 g/mol. The lowest BCUT2D eigenvalue weighted by Crippen LogP contribution is -2.11. The van der Waals surface area contributed by atoms with Gasteiger partial charge in [0.1, 0.15) is 0 Å². The van der Waals surface area contributed by atoms with Gasteiger partial charge in [0.2, 0.25) is 0 Å². The Hall–Kier alpha value is -1.05. The fourth-order valence-electron chi connectivity index (χ4n) is 1.23. The van der Waals surface area contributed by atoms with Crippen molar-refractivity contribution in [3.05, 3.63) is 23.5 Å². The summed E-state index contributed by atoms with van der Waals surface area (Å²) in [5, 5.41) is 4.20. The lowest BCUT2D eigenvalue weighted by atomic mass is 10.0. The molecule has 2 aliphatic heterocycles. The fraction of sp³-hybridized carbons (Fsp3) is 0.375. The third-order valence-corrected chi connectivity index (χ3v) is 1.80. The van der Waals surface area contributed by atoms with Gasteiger partial charge in [0.15, 0.2) is 0 Å². The van der Waals surface area contributed by atoms with Crippen LogP contribution in [0.4, 0.5) is 0 Å². The Labute approximate surface area is 60.3 Å². The quantitative estimate of drug-likeness (QED) is 0.475. The second kappa shape index (κ2) is 2.29. The molecule has 2 aliphatic rings. The molecule has 0 aliphatic carbocycles. The number of dihydropyridines is 1. The topological polar surface area (TPSA) is 26.5 Å². The van der Waals surface area contributed by atoms with Crippen molar-refractivity contribution in [3.8, 4) is 0 Å². The van der Waals surface area contributed by atoms with Crippen LogP contribution in [0.15, 0.2) is 28.5 Å². The molecule has 0 bridgehead atoms. The first-order chi connectivity index (χ1) is 4.97. The normalized spacial score (nSPS) is 22.4. The molecule has 0 amide bonds. The van der Waals surface area contributed by atoms with Gasteiger partial charge < -0.3 is 0 Å². The predicted octanol–water partition coefficient (Wildman–Crippen LogP) is 1.24. The van der Waals surface area contributed by atoms with Gasteiger partial charge in [-0.15, -0.1) is 0 Å². The zero-order chi connectivity index (χ0) is 6.81. The molecule has 51 valence electrons. The minimum absolute atomic E-state index is 0.947. The largest absolute Gasteiger partial charge is 0.291 e.